The molecule has 0 radical (unpaired) electrons. The predicted molar refractivity (Wildman–Crippen MR) is 75.2 cm³/mol. The summed E-state index contributed by atoms with van der Waals surface area (Å²) >= 11 is 0. The summed E-state index contributed by atoms with van der Waals surface area (Å²) in [5.41, 5.74) is -0.714. The molecule has 0 aromatic carbocycles. The van der Waals surface area contributed by atoms with Crippen LogP contribution in [0, 0.1) is 0 Å². The van der Waals surface area contributed by atoms with Crippen molar-refractivity contribution >= 4 is 5.97 Å². The number of likely N-dealkylation sites (N-methyl/N-ethyl adjacent to an activating group) is 1. The number of ether oxygens (including phenoxy) is 3. The number of rotatable bonds is 10. The molecule has 0 amide bonds. The molecular formula is C14H29NO4. The number of carbonyl (C=O) groups excluding carboxylic acids is 1. The third-order valence-electron chi connectivity index (χ3n) is 2.92. The van der Waals surface area contributed by atoms with Gasteiger partial charge in [0.2, 0.25) is 0 Å². The molecule has 0 aromatic rings. The highest BCUT2D eigenvalue weighted by Crippen LogP contribution is 2.17. The van der Waals surface area contributed by atoms with Crippen LogP contribution in [0.25, 0.3) is 0 Å². The fourth-order valence-electron chi connectivity index (χ4n) is 2.19. The van der Waals surface area contributed by atoms with Crippen LogP contribution in [0.3, 0.4) is 0 Å². The zero-order valence-electron chi connectivity index (χ0n) is 13.1. The molecule has 0 saturated heterocycles. The summed E-state index contributed by atoms with van der Waals surface area (Å²) in [6.45, 7) is 11.6. The third-order valence-corrected chi connectivity index (χ3v) is 2.92. The van der Waals surface area contributed by atoms with Gasteiger partial charge < -0.3 is 19.5 Å². The molecule has 1 N–H and O–H groups in total. The van der Waals surface area contributed by atoms with Crippen molar-refractivity contribution in [3.63, 3.8) is 0 Å². The van der Waals surface area contributed by atoms with Gasteiger partial charge in [0, 0.05) is 13.0 Å². The topological polar surface area (TPSA) is 56.8 Å². The van der Waals surface area contributed by atoms with Crippen LogP contribution >= 0.6 is 0 Å². The SMILES string of the molecule is CCNC(C)(CC(C)OC(C)COCC)C(=O)OC. The van der Waals surface area contributed by atoms with Gasteiger partial charge in [0.15, 0.2) is 0 Å². The molecule has 0 spiro atoms. The van der Waals surface area contributed by atoms with Gasteiger partial charge in [-0.05, 0) is 34.2 Å². The van der Waals surface area contributed by atoms with Crippen molar-refractivity contribution in [1.82, 2.24) is 5.32 Å². The molecular weight excluding hydrogens is 246 g/mol. The van der Waals surface area contributed by atoms with Crippen molar-refractivity contribution in [2.24, 2.45) is 0 Å². The Labute approximate surface area is 117 Å². The number of hydrogen-bond acceptors (Lipinski definition) is 5. The maximum Gasteiger partial charge on any atom is 0.325 e. The fourth-order valence-corrected chi connectivity index (χ4v) is 2.19. The van der Waals surface area contributed by atoms with Gasteiger partial charge in [0.1, 0.15) is 5.54 Å². The summed E-state index contributed by atoms with van der Waals surface area (Å²) in [4.78, 5) is 11.9. The first-order valence-corrected chi connectivity index (χ1v) is 6.96. The van der Waals surface area contributed by atoms with E-state index in [2.05, 4.69) is 5.32 Å². The highest BCUT2D eigenvalue weighted by atomic mass is 16.5. The van der Waals surface area contributed by atoms with Gasteiger partial charge in [-0.1, -0.05) is 6.92 Å². The standard InChI is InChI=1S/C14H29NO4/c1-7-15-14(5,13(16)17-6)9-11(3)19-12(4)10-18-8-2/h11-12,15H,7-10H2,1-6H3. The molecule has 0 heterocycles. The van der Waals surface area contributed by atoms with Crippen LogP contribution in [0.2, 0.25) is 0 Å². The number of methoxy groups -OCH3 is 1. The molecule has 0 aliphatic heterocycles. The molecule has 0 bridgehead atoms. The van der Waals surface area contributed by atoms with E-state index in [1.165, 1.54) is 7.11 Å². The van der Waals surface area contributed by atoms with Crippen molar-refractivity contribution in [2.45, 2.75) is 58.8 Å². The average Bonchev–Trinajstić information content (AvgIpc) is 2.35. The first-order chi connectivity index (χ1) is 8.89. The Bertz CT molecular complexity index is 260. The molecule has 114 valence electrons. The molecule has 0 aromatic heterocycles. The normalized spacial score (nSPS) is 17.6. The first-order valence-electron chi connectivity index (χ1n) is 6.96. The summed E-state index contributed by atoms with van der Waals surface area (Å²) in [6, 6.07) is 0. The quantitative estimate of drug-likeness (QED) is 0.616. The predicted octanol–water partition coefficient (Wildman–Crippen LogP) is 1.75. The van der Waals surface area contributed by atoms with Crippen LogP contribution in [-0.2, 0) is 19.0 Å². The van der Waals surface area contributed by atoms with E-state index in [0.717, 1.165) is 0 Å². The van der Waals surface area contributed by atoms with Gasteiger partial charge in [-0.2, -0.15) is 0 Å². The van der Waals surface area contributed by atoms with E-state index >= 15 is 0 Å². The van der Waals surface area contributed by atoms with Gasteiger partial charge in [-0.3, -0.25) is 4.79 Å². The van der Waals surface area contributed by atoms with E-state index in [1.807, 2.05) is 34.6 Å². The zero-order chi connectivity index (χ0) is 14.9. The Morgan fingerprint density at radius 1 is 1.26 bits per heavy atom. The molecule has 0 aliphatic rings. The third kappa shape index (κ3) is 6.89. The number of hydrogen-bond donors (Lipinski definition) is 1. The monoisotopic (exact) mass is 275 g/mol. The minimum atomic E-state index is -0.714. The maximum absolute atomic E-state index is 11.9. The Hall–Kier alpha value is -0.650. The maximum atomic E-state index is 11.9. The van der Waals surface area contributed by atoms with Crippen LogP contribution < -0.4 is 5.32 Å². The van der Waals surface area contributed by atoms with Crippen molar-refractivity contribution in [3.05, 3.63) is 0 Å². The molecule has 0 rings (SSSR count). The van der Waals surface area contributed by atoms with Crippen LogP contribution in [0.1, 0.15) is 41.0 Å². The Morgan fingerprint density at radius 2 is 1.89 bits per heavy atom. The van der Waals surface area contributed by atoms with E-state index in [1.54, 1.807) is 0 Å². The summed E-state index contributed by atoms with van der Waals surface area (Å²) in [7, 11) is 1.40. The van der Waals surface area contributed by atoms with Crippen LogP contribution in [-0.4, -0.2) is 50.6 Å². The van der Waals surface area contributed by atoms with Crippen molar-refractivity contribution in [2.75, 3.05) is 26.9 Å². The number of nitrogens with one attached hydrogen (secondary N) is 1. The minimum Gasteiger partial charge on any atom is -0.468 e. The lowest BCUT2D eigenvalue weighted by atomic mass is 9.94. The molecule has 3 unspecified atom stereocenters. The number of esters is 1. The first kappa shape index (κ1) is 18.4. The second kappa shape index (κ2) is 9.28. The second-order valence-corrected chi connectivity index (χ2v) is 4.97. The zero-order valence-corrected chi connectivity index (χ0v) is 13.1. The smallest absolute Gasteiger partial charge is 0.325 e. The summed E-state index contributed by atoms with van der Waals surface area (Å²) < 4.78 is 16.0. The average molecular weight is 275 g/mol. The lowest BCUT2D eigenvalue weighted by molar-refractivity contribution is -0.150. The van der Waals surface area contributed by atoms with E-state index in [-0.39, 0.29) is 18.2 Å². The fraction of sp³-hybridized carbons (Fsp3) is 0.929. The van der Waals surface area contributed by atoms with E-state index in [9.17, 15) is 4.79 Å². The largest absolute Gasteiger partial charge is 0.468 e. The molecule has 5 nitrogen and oxygen atoms in total. The number of carbonyl (C=O) groups is 1. The van der Waals surface area contributed by atoms with E-state index in [4.69, 9.17) is 14.2 Å². The molecule has 0 aliphatic carbocycles. The Kier molecular flexibility index (Phi) is 8.97. The van der Waals surface area contributed by atoms with E-state index in [0.29, 0.717) is 26.2 Å². The van der Waals surface area contributed by atoms with Crippen molar-refractivity contribution in [3.8, 4) is 0 Å². The van der Waals surface area contributed by atoms with Crippen LogP contribution in [0.15, 0.2) is 0 Å². The van der Waals surface area contributed by atoms with Gasteiger partial charge in [0.05, 0.1) is 25.9 Å². The minimum absolute atomic E-state index is 0.0125. The highest BCUT2D eigenvalue weighted by molar-refractivity contribution is 5.80. The Morgan fingerprint density at radius 3 is 2.37 bits per heavy atom. The molecule has 5 heteroatoms. The molecule has 0 fully saturated rings. The van der Waals surface area contributed by atoms with Gasteiger partial charge in [-0.15, -0.1) is 0 Å². The van der Waals surface area contributed by atoms with Gasteiger partial charge in [-0.25, -0.2) is 0 Å². The highest BCUT2D eigenvalue weighted by Gasteiger charge is 2.35. The summed E-state index contributed by atoms with van der Waals surface area (Å²) in [5.74, 6) is -0.262. The molecule has 19 heavy (non-hydrogen) atoms. The molecule has 3 atom stereocenters. The summed E-state index contributed by atoms with van der Waals surface area (Å²) in [5, 5.41) is 3.17. The summed E-state index contributed by atoms with van der Waals surface area (Å²) in [6.07, 6.45) is 0.515. The van der Waals surface area contributed by atoms with Crippen LogP contribution in [0.4, 0.5) is 0 Å². The van der Waals surface area contributed by atoms with Crippen molar-refractivity contribution < 1.29 is 19.0 Å². The van der Waals surface area contributed by atoms with E-state index < -0.39 is 5.54 Å². The van der Waals surface area contributed by atoms with Gasteiger partial charge in [0.25, 0.3) is 0 Å². The van der Waals surface area contributed by atoms with Crippen molar-refractivity contribution in [1.29, 1.82) is 0 Å². The Balaban J connectivity index is 4.38. The van der Waals surface area contributed by atoms with Crippen LogP contribution in [0.5, 0.6) is 0 Å². The lowest BCUT2D eigenvalue weighted by Crippen LogP contribution is -2.52. The lowest BCUT2D eigenvalue weighted by Gasteiger charge is -2.31. The van der Waals surface area contributed by atoms with Gasteiger partial charge >= 0.3 is 5.97 Å². The molecule has 0 saturated carbocycles. The second-order valence-electron chi connectivity index (χ2n) is 4.97.